The van der Waals surface area contributed by atoms with E-state index >= 15 is 0 Å². The van der Waals surface area contributed by atoms with Gasteiger partial charge in [-0.25, -0.2) is 0 Å². The van der Waals surface area contributed by atoms with Crippen LogP contribution in [0.5, 0.6) is 5.75 Å². The highest BCUT2D eigenvalue weighted by Crippen LogP contribution is 2.30. The molecule has 1 atom stereocenters. The van der Waals surface area contributed by atoms with Crippen LogP contribution < -0.4 is 15.8 Å². The number of primary amides is 1. The molecular weight excluding hydrogens is 220 g/mol. The zero-order valence-corrected chi connectivity index (χ0v) is 9.27. The molecule has 1 unspecified atom stereocenters. The molecular formula is C12H12N2O3. The molecule has 1 aliphatic rings. The first-order chi connectivity index (χ1) is 8.06. The Morgan fingerprint density at radius 2 is 2.29 bits per heavy atom. The molecule has 1 aromatic rings. The van der Waals surface area contributed by atoms with Crippen molar-refractivity contribution in [1.82, 2.24) is 0 Å². The topological polar surface area (TPSA) is 81.4 Å². The summed E-state index contributed by atoms with van der Waals surface area (Å²) >= 11 is 0. The highest BCUT2D eigenvalue weighted by atomic mass is 16.5. The van der Waals surface area contributed by atoms with Gasteiger partial charge in [0.25, 0.3) is 5.91 Å². The van der Waals surface area contributed by atoms with Crippen molar-refractivity contribution in [3.63, 3.8) is 0 Å². The summed E-state index contributed by atoms with van der Waals surface area (Å²) in [5.74, 6) is -0.0847. The Morgan fingerprint density at radius 1 is 1.53 bits per heavy atom. The third-order valence-corrected chi connectivity index (χ3v) is 2.37. The van der Waals surface area contributed by atoms with Crippen molar-refractivity contribution < 1.29 is 14.3 Å². The van der Waals surface area contributed by atoms with E-state index in [9.17, 15) is 9.59 Å². The monoisotopic (exact) mass is 232 g/mol. The van der Waals surface area contributed by atoms with E-state index in [1.807, 2.05) is 0 Å². The van der Waals surface area contributed by atoms with E-state index in [-0.39, 0.29) is 5.91 Å². The van der Waals surface area contributed by atoms with Crippen LogP contribution >= 0.6 is 0 Å². The van der Waals surface area contributed by atoms with Crippen molar-refractivity contribution in [3.8, 4) is 5.75 Å². The van der Waals surface area contributed by atoms with Gasteiger partial charge in [0.15, 0.2) is 6.10 Å². The summed E-state index contributed by atoms with van der Waals surface area (Å²) in [7, 11) is 0. The van der Waals surface area contributed by atoms with E-state index in [4.69, 9.17) is 10.5 Å². The summed E-state index contributed by atoms with van der Waals surface area (Å²) in [4.78, 5) is 22.0. The number of rotatable bonds is 2. The Labute approximate surface area is 98.3 Å². The third-order valence-electron chi connectivity index (χ3n) is 2.37. The maximum absolute atomic E-state index is 11.4. The van der Waals surface area contributed by atoms with Crippen molar-refractivity contribution in [2.24, 2.45) is 5.73 Å². The Balaban J connectivity index is 2.28. The molecule has 0 spiro atoms. The molecule has 0 saturated carbocycles. The molecule has 0 aliphatic carbocycles. The highest BCUT2D eigenvalue weighted by molar-refractivity contribution is 5.98. The molecule has 0 radical (unpaired) electrons. The van der Waals surface area contributed by atoms with Gasteiger partial charge in [0.1, 0.15) is 5.75 Å². The molecule has 0 saturated heterocycles. The number of carbonyl (C=O) groups is 2. The van der Waals surface area contributed by atoms with Crippen LogP contribution in [0.25, 0.3) is 6.08 Å². The number of fused-ring (bicyclic) bond motifs is 1. The van der Waals surface area contributed by atoms with Gasteiger partial charge < -0.3 is 15.8 Å². The molecule has 2 rings (SSSR count). The third kappa shape index (κ3) is 2.44. The summed E-state index contributed by atoms with van der Waals surface area (Å²) in [5.41, 5.74) is 6.36. The Morgan fingerprint density at radius 3 is 3.00 bits per heavy atom. The zero-order chi connectivity index (χ0) is 12.4. The lowest BCUT2D eigenvalue weighted by molar-refractivity contribution is -0.122. The Bertz CT molecular complexity index is 508. The zero-order valence-electron chi connectivity index (χ0n) is 9.27. The first-order valence-electron chi connectivity index (χ1n) is 5.15. The van der Waals surface area contributed by atoms with Crippen LogP contribution in [0.3, 0.4) is 0 Å². The summed E-state index contributed by atoms with van der Waals surface area (Å²) in [6.07, 6.45) is 2.34. The van der Waals surface area contributed by atoms with Gasteiger partial charge in [0, 0.05) is 6.08 Å². The normalized spacial score (nSPS) is 18.4. The number of benzene rings is 1. The molecule has 5 heteroatoms. The number of hydrogen-bond acceptors (Lipinski definition) is 3. The SMILES string of the molecule is CC1Oc2ccc(C=CC(N)=O)cc2NC1=O. The highest BCUT2D eigenvalue weighted by Gasteiger charge is 2.23. The Hall–Kier alpha value is -2.30. The first kappa shape index (κ1) is 11.2. The Kier molecular flexibility index (Phi) is 2.82. The van der Waals surface area contributed by atoms with Gasteiger partial charge >= 0.3 is 0 Å². The largest absolute Gasteiger partial charge is 0.479 e. The molecule has 17 heavy (non-hydrogen) atoms. The maximum atomic E-state index is 11.4. The predicted molar refractivity (Wildman–Crippen MR) is 63.4 cm³/mol. The molecule has 0 bridgehead atoms. The van der Waals surface area contributed by atoms with E-state index < -0.39 is 12.0 Å². The predicted octanol–water partition coefficient (Wildman–Crippen LogP) is 0.905. The van der Waals surface area contributed by atoms with E-state index in [1.54, 1.807) is 31.2 Å². The van der Waals surface area contributed by atoms with Crippen molar-refractivity contribution in [2.45, 2.75) is 13.0 Å². The number of nitrogens with one attached hydrogen (secondary N) is 1. The number of carbonyl (C=O) groups excluding carboxylic acids is 2. The second-order valence-electron chi connectivity index (χ2n) is 3.74. The van der Waals surface area contributed by atoms with Crippen LogP contribution in [-0.2, 0) is 9.59 Å². The van der Waals surface area contributed by atoms with Gasteiger partial charge in [-0.1, -0.05) is 6.07 Å². The second kappa shape index (κ2) is 4.29. The fourth-order valence-corrected chi connectivity index (χ4v) is 1.51. The van der Waals surface area contributed by atoms with E-state index in [2.05, 4.69) is 5.32 Å². The molecule has 2 amide bonds. The van der Waals surface area contributed by atoms with Crippen LogP contribution in [0.2, 0.25) is 0 Å². The quantitative estimate of drug-likeness (QED) is 0.743. The van der Waals surface area contributed by atoms with Crippen LogP contribution in [0.15, 0.2) is 24.3 Å². The molecule has 0 fully saturated rings. The minimum atomic E-state index is -0.517. The van der Waals surface area contributed by atoms with Crippen LogP contribution in [0.1, 0.15) is 12.5 Å². The van der Waals surface area contributed by atoms with Crippen LogP contribution in [0.4, 0.5) is 5.69 Å². The lowest BCUT2D eigenvalue weighted by Gasteiger charge is -2.23. The maximum Gasteiger partial charge on any atom is 0.265 e. The molecule has 88 valence electrons. The molecule has 3 N–H and O–H groups in total. The van der Waals surface area contributed by atoms with Gasteiger partial charge in [-0.3, -0.25) is 9.59 Å². The smallest absolute Gasteiger partial charge is 0.265 e. The van der Waals surface area contributed by atoms with Gasteiger partial charge in [-0.05, 0) is 30.7 Å². The van der Waals surface area contributed by atoms with Gasteiger partial charge in [0.05, 0.1) is 5.69 Å². The standard InChI is InChI=1S/C12H12N2O3/c1-7-12(16)14-9-6-8(3-5-11(13)15)2-4-10(9)17-7/h2-7H,1H3,(H2,13,15)(H,14,16). The lowest BCUT2D eigenvalue weighted by Crippen LogP contribution is -2.34. The van der Waals surface area contributed by atoms with Crippen molar-refractivity contribution in [2.75, 3.05) is 5.32 Å². The van der Waals surface area contributed by atoms with Gasteiger partial charge in [-0.2, -0.15) is 0 Å². The number of hydrogen-bond donors (Lipinski definition) is 2. The van der Waals surface area contributed by atoms with Gasteiger partial charge in [-0.15, -0.1) is 0 Å². The van der Waals surface area contributed by atoms with Gasteiger partial charge in [0.2, 0.25) is 5.91 Å². The van der Waals surface area contributed by atoms with E-state index in [0.29, 0.717) is 11.4 Å². The number of anilines is 1. The van der Waals surface area contributed by atoms with Crippen molar-refractivity contribution in [3.05, 3.63) is 29.8 Å². The summed E-state index contributed by atoms with van der Waals surface area (Å²) in [6, 6.07) is 5.24. The molecule has 1 aliphatic heterocycles. The van der Waals surface area contributed by atoms with E-state index in [1.165, 1.54) is 6.08 Å². The van der Waals surface area contributed by atoms with Crippen molar-refractivity contribution in [1.29, 1.82) is 0 Å². The minimum Gasteiger partial charge on any atom is -0.479 e. The first-order valence-corrected chi connectivity index (χ1v) is 5.15. The summed E-state index contributed by atoms with van der Waals surface area (Å²) < 4.78 is 5.40. The molecule has 5 nitrogen and oxygen atoms in total. The number of nitrogens with two attached hydrogens (primary N) is 1. The van der Waals surface area contributed by atoms with E-state index in [0.717, 1.165) is 5.56 Å². The molecule has 0 aromatic heterocycles. The summed E-state index contributed by atoms with van der Waals surface area (Å²) in [5, 5.41) is 2.72. The summed E-state index contributed by atoms with van der Waals surface area (Å²) in [6.45, 7) is 1.68. The molecule has 1 heterocycles. The van der Waals surface area contributed by atoms with Crippen molar-refractivity contribution >= 4 is 23.6 Å². The number of ether oxygens (including phenoxy) is 1. The fourth-order valence-electron chi connectivity index (χ4n) is 1.51. The average molecular weight is 232 g/mol. The van der Waals surface area contributed by atoms with Crippen LogP contribution in [0, 0.1) is 0 Å². The minimum absolute atomic E-state index is 0.187. The molecule has 1 aromatic carbocycles. The number of amides is 2. The average Bonchev–Trinajstić information content (AvgIpc) is 2.28. The lowest BCUT2D eigenvalue weighted by atomic mass is 10.1. The van der Waals surface area contributed by atoms with Crippen LogP contribution in [-0.4, -0.2) is 17.9 Å². The second-order valence-corrected chi connectivity index (χ2v) is 3.74. The fraction of sp³-hybridized carbons (Fsp3) is 0.167.